The number of carbonyl (C=O) groups is 3. The monoisotopic (exact) mass is 604 g/mol. The van der Waals surface area contributed by atoms with Crippen molar-refractivity contribution in [2.45, 2.75) is 19.4 Å². The van der Waals surface area contributed by atoms with Gasteiger partial charge in [-0.15, -0.1) is 0 Å². The Labute approximate surface area is 257 Å². The number of hydrogen-bond donors (Lipinski definition) is 1. The number of carbonyl (C=O) groups excluding carboxylic acids is 3. The standard InChI is InChI=1S/C32H37ClN6O4/c1-6-30(40)36-26-16-22(28(43-5)17-23(26)20-39-13-11-38(4)12-14-39)18-29-34-19-25(33)27(35-29)15-21-9-7-8-10-24(21)31(41)32(42)37(2)3/h6-10,16-17,19H,1,11-15,18,20H2,2-5H3,(H,36,40). The Morgan fingerprint density at radius 1 is 1.07 bits per heavy atom. The minimum absolute atomic E-state index is 0.235. The van der Waals surface area contributed by atoms with E-state index in [9.17, 15) is 14.4 Å². The summed E-state index contributed by atoms with van der Waals surface area (Å²) in [6.07, 6.45) is 3.31. The lowest BCUT2D eigenvalue weighted by Crippen LogP contribution is -2.44. The second-order valence-electron chi connectivity index (χ2n) is 10.7. The van der Waals surface area contributed by atoms with Crippen molar-refractivity contribution < 1.29 is 19.1 Å². The van der Waals surface area contributed by atoms with E-state index in [1.165, 1.54) is 31.3 Å². The number of nitrogens with zero attached hydrogens (tertiary/aromatic N) is 5. The summed E-state index contributed by atoms with van der Waals surface area (Å²) >= 11 is 6.50. The quantitative estimate of drug-likeness (QED) is 0.201. The number of benzene rings is 2. The van der Waals surface area contributed by atoms with E-state index in [4.69, 9.17) is 21.3 Å². The molecule has 226 valence electrons. The second kappa shape index (κ2) is 14.4. The number of piperazine rings is 1. The van der Waals surface area contributed by atoms with E-state index in [-0.39, 0.29) is 12.3 Å². The number of methoxy groups -OCH3 is 1. The fraction of sp³-hybridized carbons (Fsp3) is 0.344. The average Bonchev–Trinajstić information content (AvgIpc) is 3.00. The molecule has 0 atom stereocenters. The van der Waals surface area contributed by atoms with E-state index in [0.29, 0.717) is 52.1 Å². The molecule has 0 aliphatic carbocycles. The van der Waals surface area contributed by atoms with Gasteiger partial charge in [0, 0.05) is 82.7 Å². The lowest BCUT2D eigenvalue weighted by atomic mass is 9.98. The molecule has 43 heavy (non-hydrogen) atoms. The molecule has 0 radical (unpaired) electrons. The number of likely N-dealkylation sites (N-methyl/N-ethyl adjacent to an activating group) is 2. The Hall–Kier alpha value is -4.12. The summed E-state index contributed by atoms with van der Waals surface area (Å²) < 4.78 is 5.77. The van der Waals surface area contributed by atoms with E-state index < -0.39 is 11.7 Å². The SMILES string of the molecule is C=CC(=O)Nc1cc(Cc2ncc(Cl)c(Cc3ccccc3C(=O)C(=O)N(C)C)n2)c(OC)cc1CN1CCN(C)CC1. The molecule has 11 heteroatoms. The van der Waals surface area contributed by atoms with Gasteiger partial charge in [0.1, 0.15) is 11.6 Å². The van der Waals surface area contributed by atoms with Crippen LogP contribution >= 0.6 is 11.6 Å². The van der Waals surface area contributed by atoms with Crippen LogP contribution in [0.15, 0.2) is 55.3 Å². The van der Waals surface area contributed by atoms with Gasteiger partial charge in [-0.1, -0.05) is 42.4 Å². The van der Waals surface area contributed by atoms with Crippen molar-refractivity contribution in [1.29, 1.82) is 0 Å². The predicted octanol–water partition coefficient (Wildman–Crippen LogP) is 3.46. The number of Topliss-reactive ketones (excluding diaryl/α,β-unsaturated/α-hetero) is 1. The van der Waals surface area contributed by atoms with Crippen LogP contribution in [0.2, 0.25) is 5.02 Å². The average molecular weight is 605 g/mol. The minimum Gasteiger partial charge on any atom is -0.496 e. The summed E-state index contributed by atoms with van der Waals surface area (Å²) in [6, 6.07) is 10.8. The normalized spacial score (nSPS) is 13.8. The van der Waals surface area contributed by atoms with Crippen molar-refractivity contribution in [3.63, 3.8) is 0 Å². The first-order chi connectivity index (χ1) is 20.6. The van der Waals surface area contributed by atoms with Gasteiger partial charge in [0.25, 0.3) is 11.7 Å². The van der Waals surface area contributed by atoms with Crippen LogP contribution in [0.3, 0.4) is 0 Å². The maximum atomic E-state index is 12.8. The van der Waals surface area contributed by atoms with Crippen LogP contribution in [-0.4, -0.2) is 96.7 Å². The lowest BCUT2D eigenvalue weighted by molar-refractivity contribution is -0.124. The first-order valence-corrected chi connectivity index (χ1v) is 14.4. The summed E-state index contributed by atoms with van der Waals surface area (Å²) in [5.41, 5.74) is 3.85. The van der Waals surface area contributed by atoms with E-state index >= 15 is 0 Å². The van der Waals surface area contributed by atoms with Crippen molar-refractivity contribution in [2.75, 3.05) is 59.7 Å². The first-order valence-electron chi connectivity index (χ1n) is 14.0. The van der Waals surface area contributed by atoms with Crippen molar-refractivity contribution in [1.82, 2.24) is 24.7 Å². The Kier molecular flexibility index (Phi) is 10.6. The molecule has 0 unspecified atom stereocenters. The summed E-state index contributed by atoms with van der Waals surface area (Å²) in [4.78, 5) is 52.6. The highest BCUT2D eigenvalue weighted by Crippen LogP contribution is 2.31. The largest absolute Gasteiger partial charge is 0.496 e. The Bertz CT molecular complexity index is 1520. The molecule has 2 heterocycles. The third kappa shape index (κ3) is 8.04. The fourth-order valence-corrected chi connectivity index (χ4v) is 5.05. The molecular formula is C32H37ClN6O4. The summed E-state index contributed by atoms with van der Waals surface area (Å²) in [5, 5.41) is 3.29. The molecule has 4 rings (SSSR count). The summed E-state index contributed by atoms with van der Waals surface area (Å²) in [7, 11) is 6.80. The maximum Gasteiger partial charge on any atom is 0.294 e. The number of amides is 2. The highest BCUT2D eigenvalue weighted by atomic mass is 35.5. The Morgan fingerprint density at radius 3 is 2.47 bits per heavy atom. The van der Waals surface area contributed by atoms with E-state index in [2.05, 4.69) is 33.7 Å². The zero-order valence-corrected chi connectivity index (χ0v) is 25.8. The van der Waals surface area contributed by atoms with Gasteiger partial charge in [-0.05, 0) is 36.4 Å². The topological polar surface area (TPSA) is 108 Å². The molecule has 1 aromatic heterocycles. The number of anilines is 1. The highest BCUT2D eigenvalue weighted by Gasteiger charge is 2.23. The van der Waals surface area contributed by atoms with Crippen LogP contribution in [0.5, 0.6) is 5.75 Å². The van der Waals surface area contributed by atoms with Gasteiger partial charge in [-0.25, -0.2) is 9.97 Å². The minimum atomic E-state index is -0.607. The number of aromatic nitrogens is 2. The van der Waals surface area contributed by atoms with Crippen molar-refractivity contribution in [3.8, 4) is 5.75 Å². The number of ketones is 1. The van der Waals surface area contributed by atoms with Crippen LogP contribution in [0, 0.1) is 0 Å². The second-order valence-corrected chi connectivity index (χ2v) is 11.1. The van der Waals surface area contributed by atoms with Gasteiger partial charge < -0.3 is 19.9 Å². The van der Waals surface area contributed by atoms with Crippen LogP contribution < -0.4 is 10.1 Å². The number of halogens is 1. The molecule has 1 aliphatic rings. The van der Waals surface area contributed by atoms with Crippen LogP contribution in [0.25, 0.3) is 0 Å². The van der Waals surface area contributed by atoms with Gasteiger partial charge >= 0.3 is 0 Å². The highest BCUT2D eigenvalue weighted by molar-refractivity contribution is 6.43. The maximum absolute atomic E-state index is 12.8. The number of ether oxygens (including phenoxy) is 1. The van der Waals surface area contributed by atoms with Crippen LogP contribution in [-0.2, 0) is 29.0 Å². The predicted molar refractivity (Wildman–Crippen MR) is 167 cm³/mol. The molecule has 1 fully saturated rings. The number of rotatable bonds is 11. The van der Waals surface area contributed by atoms with E-state index in [0.717, 1.165) is 37.3 Å². The zero-order chi connectivity index (χ0) is 31.1. The molecule has 0 bridgehead atoms. The number of nitrogens with one attached hydrogen (secondary N) is 1. The van der Waals surface area contributed by atoms with Gasteiger partial charge in [0.2, 0.25) is 5.91 Å². The molecule has 1 saturated heterocycles. The zero-order valence-electron chi connectivity index (χ0n) is 25.0. The van der Waals surface area contributed by atoms with Crippen molar-refractivity contribution >= 4 is 34.9 Å². The van der Waals surface area contributed by atoms with E-state index in [1.54, 1.807) is 31.4 Å². The molecule has 0 spiro atoms. The third-order valence-electron chi connectivity index (χ3n) is 7.37. The first kappa shape index (κ1) is 31.8. The van der Waals surface area contributed by atoms with Crippen LogP contribution in [0.4, 0.5) is 5.69 Å². The molecule has 0 saturated carbocycles. The molecule has 2 aromatic carbocycles. The van der Waals surface area contributed by atoms with Crippen LogP contribution in [0.1, 0.15) is 38.6 Å². The molecule has 1 N–H and O–H groups in total. The smallest absolute Gasteiger partial charge is 0.294 e. The number of hydrogen-bond acceptors (Lipinski definition) is 8. The molecule has 3 aromatic rings. The van der Waals surface area contributed by atoms with Crippen molar-refractivity contribution in [3.05, 3.63) is 94.0 Å². The molecule has 2 amide bonds. The third-order valence-corrected chi connectivity index (χ3v) is 7.69. The molecular weight excluding hydrogens is 568 g/mol. The molecule has 10 nitrogen and oxygen atoms in total. The summed E-state index contributed by atoms with van der Waals surface area (Å²) in [6.45, 7) is 8.06. The van der Waals surface area contributed by atoms with Crippen molar-refractivity contribution in [2.24, 2.45) is 0 Å². The fourth-order valence-electron chi connectivity index (χ4n) is 4.89. The molecule has 1 aliphatic heterocycles. The van der Waals surface area contributed by atoms with Gasteiger partial charge in [0.15, 0.2) is 0 Å². The Balaban J connectivity index is 1.63. The lowest BCUT2D eigenvalue weighted by Gasteiger charge is -2.33. The Morgan fingerprint density at radius 2 is 1.79 bits per heavy atom. The van der Waals surface area contributed by atoms with Gasteiger partial charge in [0.05, 0.1) is 17.8 Å². The van der Waals surface area contributed by atoms with Gasteiger partial charge in [-0.3, -0.25) is 19.3 Å². The van der Waals surface area contributed by atoms with Gasteiger partial charge in [-0.2, -0.15) is 0 Å². The van der Waals surface area contributed by atoms with E-state index in [1.807, 2.05) is 12.1 Å². The summed E-state index contributed by atoms with van der Waals surface area (Å²) in [5.74, 6) is -0.370.